The van der Waals surface area contributed by atoms with Crippen LogP contribution in [0, 0.1) is 25.2 Å². The van der Waals surface area contributed by atoms with Gasteiger partial charge in [-0.25, -0.2) is 4.98 Å². The molecule has 0 unspecified atom stereocenters. The number of aryl methyl sites for hydroxylation is 1. The molecule has 0 saturated carbocycles. The number of rotatable bonds is 5. The summed E-state index contributed by atoms with van der Waals surface area (Å²) in [5.74, 6) is 0.637. The van der Waals surface area contributed by atoms with E-state index in [0.717, 1.165) is 35.7 Å². The van der Waals surface area contributed by atoms with Gasteiger partial charge in [-0.05, 0) is 50.1 Å². The Labute approximate surface area is 177 Å². The molecule has 1 saturated heterocycles. The average Bonchev–Trinajstić information content (AvgIpc) is 3.00. The van der Waals surface area contributed by atoms with Gasteiger partial charge in [0.25, 0.3) is 5.91 Å². The second-order valence-corrected chi connectivity index (χ2v) is 7.70. The lowest BCUT2D eigenvalue weighted by atomic mass is 10.1. The Hall–Kier alpha value is -2.78. The van der Waals surface area contributed by atoms with E-state index in [0.29, 0.717) is 31.2 Å². The van der Waals surface area contributed by atoms with E-state index in [-0.39, 0.29) is 11.5 Å². The number of hydrogen-bond acceptors (Lipinski definition) is 4. The third-order valence-electron chi connectivity index (χ3n) is 5.31. The number of pyridine rings is 1. The van der Waals surface area contributed by atoms with Crippen LogP contribution in [0.25, 0.3) is 6.08 Å². The van der Waals surface area contributed by atoms with Crippen molar-refractivity contribution in [2.24, 2.45) is 0 Å². The zero-order valence-electron chi connectivity index (χ0n) is 17.2. The SMILES string of the molecule is CCCn1c(C)cc(/C=C(/C#N)C(=O)N2CCN(c3ccc(Cl)cn3)CC2)c1C. The van der Waals surface area contributed by atoms with Crippen molar-refractivity contribution in [3.05, 3.63) is 51.9 Å². The van der Waals surface area contributed by atoms with Crippen molar-refractivity contribution in [3.8, 4) is 6.07 Å². The molecule has 0 radical (unpaired) electrons. The van der Waals surface area contributed by atoms with E-state index in [1.165, 1.54) is 0 Å². The van der Waals surface area contributed by atoms with Gasteiger partial charge in [0.2, 0.25) is 0 Å². The van der Waals surface area contributed by atoms with Crippen molar-refractivity contribution < 1.29 is 4.79 Å². The Morgan fingerprint density at radius 2 is 2.00 bits per heavy atom. The van der Waals surface area contributed by atoms with Crippen LogP contribution in [0.5, 0.6) is 0 Å². The molecule has 3 heterocycles. The summed E-state index contributed by atoms with van der Waals surface area (Å²) < 4.78 is 2.23. The number of nitrogens with zero attached hydrogens (tertiary/aromatic N) is 5. The smallest absolute Gasteiger partial charge is 0.264 e. The fourth-order valence-electron chi connectivity index (χ4n) is 3.70. The molecule has 1 aliphatic rings. The highest BCUT2D eigenvalue weighted by molar-refractivity contribution is 6.30. The normalized spacial score (nSPS) is 14.8. The first-order valence-electron chi connectivity index (χ1n) is 9.89. The summed E-state index contributed by atoms with van der Waals surface area (Å²) in [6.07, 6.45) is 4.39. The molecule has 0 bridgehead atoms. The maximum absolute atomic E-state index is 12.9. The van der Waals surface area contributed by atoms with Crippen LogP contribution in [0.4, 0.5) is 5.82 Å². The van der Waals surface area contributed by atoms with E-state index in [9.17, 15) is 10.1 Å². The van der Waals surface area contributed by atoms with Gasteiger partial charge in [-0.1, -0.05) is 18.5 Å². The van der Waals surface area contributed by atoms with Gasteiger partial charge in [-0.15, -0.1) is 0 Å². The number of hydrogen-bond donors (Lipinski definition) is 0. The van der Waals surface area contributed by atoms with E-state index in [2.05, 4.69) is 34.4 Å². The molecule has 2 aromatic heterocycles. The monoisotopic (exact) mass is 411 g/mol. The number of carbonyl (C=O) groups excluding carboxylic acids is 1. The van der Waals surface area contributed by atoms with Crippen molar-refractivity contribution in [1.82, 2.24) is 14.5 Å². The van der Waals surface area contributed by atoms with Crippen LogP contribution in [-0.4, -0.2) is 46.5 Å². The number of piperazine rings is 1. The van der Waals surface area contributed by atoms with Crippen molar-refractivity contribution in [2.45, 2.75) is 33.7 Å². The fourth-order valence-corrected chi connectivity index (χ4v) is 3.81. The first-order valence-corrected chi connectivity index (χ1v) is 10.3. The molecule has 0 atom stereocenters. The van der Waals surface area contributed by atoms with Crippen molar-refractivity contribution in [3.63, 3.8) is 0 Å². The Morgan fingerprint density at radius 3 is 2.59 bits per heavy atom. The summed E-state index contributed by atoms with van der Waals surface area (Å²) in [6.45, 7) is 9.60. The second kappa shape index (κ2) is 9.15. The van der Waals surface area contributed by atoms with Crippen LogP contribution in [0.2, 0.25) is 5.02 Å². The molecule has 2 aromatic rings. The minimum Gasteiger partial charge on any atom is -0.353 e. The standard InChI is InChI=1S/C22H26ClN5O/c1-4-7-28-16(2)12-18(17(28)3)13-19(14-24)22(29)27-10-8-26(9-11-27)21-6-5-20(23)15-25-21/h5-6,12-13,15H,4,7-11H2,1-3H3/b19-13-. The molecular formula is C22H26ClN5O. The summed E-state index contributed by atoms with van der Waals surface area (Å²) in [6, 6.07) is 7.84. The van der Waals surface area contributed by atoms with Gasteiger partial charge in [-0.2, -0.15) is 5.26 Å². The van der Waals surface area contributed by atoms with Crippen LogP contribution in [0.15, 0.2) is 30.0 Å². The number of carbonyl (C=O) groups is 1. The maximum atomic E-state index is 12.9. The first kappa shape index (κ1) is 20.9. The lowest BCUT2D eigenvalue weighted by molar-refractivity contribution is -0.126. The van der Waals surface area contributed by atoms with Crippen molar-refractivity contribution in [1.29, 1.82) is 5.26 Å². The molecule has 3 rings (SSSR count). The second-order valence-electron chi connectivity index (χ2n) is 7.26. The third-order valence-corrected chi connectivity index (χ3v) is 5.54. The van der Waals surface area contributed by atoms with Crippen LogP contribution >= 0.6 is 11.6 Å². The Bertz CT molecular complexity index is 947. The fraction of sp³-hybridized carbons (Fsp3) is 0.409. The molecule has 0 aliphatic carbocycles. The Morgan fingerprint density at radius 1 is 1.28 bits per heavy atom. The van der Waals surface area contributed by atoms with Crippen LogP contribution in [-0.2, 0) is 11.3 Å². The van der Waals surface area contributed by atoms with Crippen molar-refractivity contribution >= 4 is 29.4 Å². The number of nitriles is 1. The van der Waals surface area contributed by atoms with Crippen LogP contribution < -0.4 is 4.90 Å². The largest absolute Gasteiger partial charge is 0.353 e. The highest BCUT2D eigenvalue weighted by Gasteiger charge is 2.24. The molecule has 0 N–H and O–H groups in total. The minimum absolute atomic E-state index is 0.180. The molecule has 6 nitrogen and oxygen atoms in total. The first-order chi connectivity index (χ1) is 13.9. The molecule has 7 heteroatoms. The van der Waals surface area contributed by atoms with Crippen LogP contribution in [0.3, 0.4) is 0 Å². The van der Waals surface area contributed by atoms with Gasteiger partial charge < -0.3 is 14.4 Å². The summed E-state index contributed by atoms with van der Waals surface area (Å²) in [5.41, 5.74) is 3.35. The predicted octanol–water partition coefficient (Wildman–Crippen LogP) is 3.82. The number of halogens is 1. The van der Waals surface area contributed by atoms with E-state index < -0.39 is 0 Å². The number of aromatic nitrogens is 2. The molecular weight excluding hydrogens is 386 g/mol. The van der Waals surface area contributed by atoms with Gasteiger partial charge in [0.1, 0.15) is 17.5 Å². The molecule has 152 valence electrons. The highest BCUT2D eigenvalue weighted by atomic mass is 35.5. The summed E-state index contributed by atoms with van der Waals surface area (Å²) in [7, 11) is 0. The molecule has 1 fully saturated rings. The maximum Gasteiger partial charge on any atom is 0.264 e. The molecule has 29 heavy (non-hydrogen) atoms. The van der Waals surface area contributed by atoms with Gasteiger partial charge in [0, 0.05) is 50.3 Å². The van der Waals surface area contributed by atoms with Crippen LogP contribution in [0.1, 0.15) is 30.3 Å². The van der Waals surface area contributed by atoms with Crippen molar-refractivity contribution in [2.75, 3.05) is 31.1 Å². The van der Waals surface area contributed by atoms with E-state index in [1.807, 2.05) is 25.1 Å². The minimum atomic E-state index is -0.212. The van der Waals surface area contributed by atoms with E-state index >= 15 is 0 Å². The van der Waals surface area contributed by atoms with Gasteiger partial charge >= 0.3 is 0 Å². The number of amides is 1. The quantitative estimate of drug-likeness (QED) is 0.554. The Balaban J connectivity index is 1.71. The zero-order valence-corrected chi connectivity index (χ0v) is 17.9. The highest BCUT2D eigenvalue weighted by Crippen LogP contribution is 2.21. The summed E-state index contributed by atoms with van der Waals surface area (Å²) in [5, 5.41) is 10.2. The lowest BCUT2D eigenvalue weighted by Gasteiger charge is -2.35. The Kier molecular flexibility index (Phi) is 6.60. The number of anilines is 1. The molecule has 0 spiro atoms. The van der Waals surface area contributed by atoms with E-state index in [1.54, 1.807) is 17.2 Å². The summed E-state index contributed by atoms with van der Waals surface area (Å²) >= 11 is 5.90. The zero-order chi connectivity index (χ0) is 21.0. The topological polar surface area (TPSA) is 65.2 Å². The lowest BCUT2D eigenvalue weighted by Crippen LogP contribution is -2.49. The molecule has 1 aliphatic heterocycles. The average molecular weight is 412 g/mol. The molecule has 1 amide bonds. The predicted molar refractivity (Wildman–Crippen MR) is 116 cm³/mol. The van der Waals surface area contributed by atoms with Gasteiger partial charge in [0.05, 0.1) is 5.02 Å². The van der Waals surface area contributed by atoms with E-state index in [4.69, 9.17) is 11.6 Å². The molecule has 0 aromatic carbocycles. The van der Waals surface area contributed by atoms with Gasteiger partial charge in [-0.3, -0.25) is 4.79 Å². The van der Waals surface area contributed by atoms with Gasteiger partial charge in [0.15, 0.2) is 0 Å². The summed E-state index contributed by atoms with van der Waals surface area (Å²) in [4.78, 5) is 21.1. The third kappa shape index (κ3) is 4.63.